The summed E-state index contributed by atoms with van der Waals surface area (Å²) in [5, 5.41) is 0. The molecule has 2 aromatic carbocycles. The molecule has 100 valence electrons. The molecule has 3 nitrogen and oxygen atoms in total. The van der Waals surface area contributed by atoms with Crippen molar-refractivity contribution in [2.75, 3.05) is 5.48 Å². The van der Waals surface area contributed by atoms with Crippen molar-refractivity contribution >= 4 is 5.69 Å². The fraction of sp³-hybridized carbons (Fsp3) is 0.0769. The maximum absolute atomic E-state index is 12.0. The molecule has 19 heavy (non-hydrogen) atoms. The van der Waals surface area contributed by atoms with Gasteiger partial charge >= 0.3 is 6.36 Å². The van der Waals surface area contributed by atoms with Crippen LogP contribution >= 0.6 is 0 Å². The molecule has 0 saturated carbocycles. The molecule has 2 aromatic rings. The molecule has 0 aliphatic carbocycles. The molecule has 0 aliphatic heterocycles. The first-order chi connectivity index (χ1) is 9.03. The zero-order valence-corrected chi connectivity index (χ0v) is 9.65. The van der Waals surface area contributed by atoms with Crippen molar-refractivity contribution in [3.05, 3.63) is 54.6 Å². The molecule has 0 amide bonds. The Morgan fingerprint density at radius 3 is 2.21 bits per heavy atom. The Kier molecular flexibility index (Phi) is 3.79. The molecular weight excluding hydrogens is 259 g/mol. The molecule has 0 saturated heterocycles. The highest BCUT2D eigenvalue weighted by Crippen LogP contribution is 2.26. The van der Waals surface area contributed by atoms with Gasteiger partial charge in [-0.3, -0.25) is 0 Å². The number of rotatable bonds is 4. The lowest BCUT2D eigenvalue weighted by Gasteiger charge is -2.11. The number of benzene rings is 2. The zero-order valence-electron chi connectivity index (χ0n) is 9.65. The number of nitrogens with one attached hydrogen (secondary N) is 1. The average molecular weight is 269 g/mol. The molecule has 1 N–H and O–H groups in total. The van der Waals surface area contributed by atoms with Gasteiger partial charge in [0, 0.05) is 6.07 Å². The highest BCUT2D eigenvalue weighted by atomic mass is 19.4. The second kappa shape index (κ2) is 5.51. The van der Waals surface area contributed by atoms with Crippen molar-refractivity contribution in [1.82, 2.24) is 0 Å². The van der Waals surface area contributed by atoms with Crippen molar-refractivity contribution in [1.29, 1.82) is 0 Å². The van der Waals surface area contributed by atoms with Gasteiger partial charge in [-0.1, -0.05) is 24.3 Å². The van der Waals surface area contributed by atoms with E-state index in [1.165, 1.54) is 18.2 Å². The summed E-state index contributed by atoms with van der Waals surface area (Å²) in [4.78, 5) is 5.15. The van der Waals surface area contributed by atoms with Crippen molar-refractivity contribution in [3.63, 3.8) is 0 Å². The van der Waals surface area contributed by atoms with Gasteiger partial charge < -0.3 is 9.57 Å². The molecular formula is C13H10F3NO2. The summed E-state index contributed by atoms with van der Waals surface area (Å²) < 4.78 is 39.9. The Bertz CT molecular complexity index is 529. The number of para-hydroxylation sites is 1. The van der Waals surface area contributed by atoms with Crippen LogP contribution in [0.2, 0.25) is 0 Å². The third kappa shape index (κ3) is 4.42. The van der Waals surface area contributed by atoms with E-state index in [0.29, 0.717) is 5.69 Å². The van der Waals surface area contributed by atoms with Gasteiger partial charge in [-0.2, -0.15) is 0 Å². The number of ether oxygens (including phenoxy) is 1. The average Bonchev–Trinajstić information content (AvgIpc) is 2.36. The van der Waals surface area contributed by atoms with Crippen LogP contribution in [0.15, 0.2) is 54.6 Å². The van der Waals surface area contributed by atoms with Gasteiger partial charge in [0.25, 0.3) is 0 Å². The third-order valence-corrected chi connectivity index (χ3v) is 2.10. The van der Waals surface area contributed by atoms with Crippen molar-refractivity contribution in [3.8, 4) is 11.5 Å². The fourth-order valence-electron chi connectivity index (χ4n) is 1.36. The van der Waals surface area contributed by atoms with Gasteiger partial charge in [0.15, 0.2) is 5.75 Å². The van der Waals surface area contributed by atoms with Crippen LogP contribution in [-0.4, -0.2) is 6.36 Å². The summed E-state index contributed by atoms with van der Waals surface area (Å²) in [6.07, 6.45) is -4.72. The second-order valence-electron chi connectivity index (χ2n) is 3.59. The lowest BCUT2D eigenvalue weighted by Crippen LogP contribution is -2.17. The monoisotopic (exact) mass is 269 g/mol. The van der Waals surface area contributed by atoms with E-state index in [0.717, 1.165) is 6.07 Å². The Morgan fingerprint density at radius 1 is 0.842 bits per heavy atom. The van der Waals surface area contributed by atoms with E-state index in [2.05, 4.69) is 10.2 Å². The minimum absolute atomic E-state index is 0.214. The largest absolute Gasteiger partial charge is 0.573 e. The van der Waals surface area contributed by atoms with Crippen molar-refractivity contribution in [2.24, 2.45) is 0 Å². The van der Waals surface area contributed by atoms with Crippen LogP contribution in [0.1, 0.15) is 0 Å². The lowest BCUT2D eigenvalue weighted by atomic mass is 10.3. The Morgan fingerprint density at radius 2 is 1.53 bits per heavy atom. The van der Waals surface area contributed by atoms with E-state index >= 15 is 0 Å². The smallest absolute Gasteiger partial charge is 0.406 e. The third-order valence-electron chi connectivity index (χ3n) is 2.10. The predicted molar refractivity (Wildman–Crippen MR) is 63.8 cm³/mol. The van der Waals surface area contributed by atoms with Crippen LogP contribution in [0.4, 0.5) is 18.9 Å². The highest BCUT2D eigenvalue weighted by Gasteiger charge is 2.31. The van der Waals surface area contributed by atoms with Crippen LogP contribution in [0.5, 0.6) is 11.5 Å². The van der Waals surface area contributed by atoms with Crippen molar-refractivity contribution < 1.29 is 22.7 Å². The second-order valence-corrected chi connectivity index (χ2v) is 3.59. The Balaban J connectivity index is 1.99. The number of hydrogen-bond donors (Lipinski definition) is 1. The maximum atomic E-state index is 12.0. The highest BCUT2D eigenvalue weighted by molar-refractivity contribution is 5.42. The fourth-order valence-corrected chi connectivity index (χ4v) is 1.36. The first-order valence-corrected chi connectivity index (χ1v) is 5.37. The number of hydrogen-bond acceptors (Lipinski definition) is 3. The molecule has 6 heteroatoms. The van der Waals surface area contributed by atoms with Gasteiger partial charge in [0.2, 0.25) is 0 Å². The van der Waals surface area contributed by atoms with Crippen LogP contribution < -0.4 is 15.1 Å². The molecule has 0 aromatic heterocycles. The van der Waals surface area contributed by atoms with Gasteiger partial charge in [-0.05, 0) is 24.3 Å². The van der Waals surface area contributed by atoms with Gasteiger partial charge in [0.05, 0.1) is 5.69 Å². The standard InChI is InChI=1S/C13H10F3NO2/c14-13(15,16)18-11-7-4-8-12(9-11)19-17-10-5-2-1-3-6-10/h1-9,17H. The molecule has 0 bridgehead atoms. The number of anilines is 1. The zero-order chi connectivity index (χ0) is 13.7. The van der Waals surface area contributed by atoms with E-state index in [1.54, 1.807) is 24.3 Å². The van der Waals surface area contributed by atoms with Crippen LogP contribution in [0.25, 0.3) is 0 Å². The summed E-state index contributed by atoms with van der Waals surface area (Å²) in [6.45, 7) is 0. The maximum Gasteiger partial charge on any atom is 0.573 e. The van der Waals surface area contributed by atoms with E-state index in [1.807, 2.05) is 6.07 Å². The number of alkyl halides is 3. The summed E-state index contributed by atoms with van der Waals surface area (Å²) in [7, 11) is 0. The first kappa shape index (κ1) is 13.1. The van der Waals surface area contributed by atoms with Crippen LogP contribution in [0, 0.1) is 0 Å². The van der Waals surface area contributed by atoms with Gasteiger partial charge in [-0.25, -0.2) is 5.48 Å². The van der Waals surface area contributed by atoms with E-state index in [4.69, 9.17) is 4.84 Å². The molecule has 0 atom stereocenters. The normalized spacial score (nSPS) is 10.9. The molecule has 2 rings (SSSR count). The quantitative estimate of drug-likeness (QED) is 0.851. The minimum atomic E-state index is -4.72. The SMILES string of the molecule is FC(F)(F)Oc1cccc(ONc2ccccc2)c1. The first-order valence-electron chi connectivity index (χ1n) is 5.37. The minimum Gasteiger partial charge on any atom is -0.406 e. The van der Waals surface area contributed by atoms with Crippen LogP contribution in [-0.2, 0) is 0 Å². The molecule has 0 heterocycles. The van der Waals surface area contributed by atoms with E-state index in [9.17, 15) is 13.2 Å². The summed E-state index contributed by atoms with van der Waals surface area (Å²) >= 11 is 0. The molecule has 0 fully saturated rings. The van der Waals surface area contributed by atoms with Crippen LogP contribution in [0.3, 0.4) is 0 Å². The topological polar surface area (TPSA) is 30.5 Å². The Hall–Kier alpha value is -2.37. The van der Waals surface area contributed by atoms with Gasteiger partial charge in [-0.15, -0.1) is 13.2 Å². The number of halogens is 3. The molecule has 0 unspecified atom stereocenters. The molecule has 0 aliphatic rings. The van der Waals surface area contributed by atoms with Gasteiger partial charge in [0.1, 0.15) is 5.75 Å². The van der Waals surface area contributed by atoms with E-state index in [-0.39, 0.29) is 11.5 Å². The summed E-state index contributed by atoms with van der Waals surface area (Å²) in [5.41, 5.74) is 3.30. The van der Waals surface area contributed by atoms with Crippen molar-refractivity contribution in [2.45, 2.75) is 6.36 Å². The molecule has 0 spiro atoms. The summed E-state index contributed by atoms with van der Waals surface area (Å²) in [6, 6.07) is 14.2. The summed E-state index contributed by atoms with van der Waals surface area (Å²) in [5.74, 6) is -0.120. The lowest BCUT2D eigenvalue weighted by molar-refractivity contribution is -0.274. The molecule has 0 radical (unpaired) electrons. The predicted octanol–water partition coefficient (Wildman–Crippen LogP) is 3.99. The Labute approximate surface area is 107 Å². The van der Waals surface area contributed by atoms with E-state index < -0.39 is 6.36 Å².